The number of benzene rings is 1. The largest absolute Gasteiger partial charge is 0.396 e. The molecule has 4 nitrogen and oxygen atoms in total. The molecule has 1 aromatic heterocycles. The number of rotatable bonds is 7. The van der Waals surface area contributed by atoms with Crippen molar-refractivity contribution in [2.24, 2.45) is 7.05 Å². The molecule has 0 radical (unpaired) electrons. The van der Waals surface area contributed by atoms with Crippen LogP contribution < -0.4 is 0 Å². The molecule has 108 valence electrons. The molecule has 0 aliphatic heterocycles. The number of aliphatic hydroxyl groups excluding tert-OH is 1. The van der Waals surface area contributed by atoms with Crippen LogP contribution in [0.1, 0.15) is 24.8 Å². The van der Waals surface area contributed by atoms with Gasteiger partial charge in [-0.2, -0.15) is 0 Å². The molecule has 0 atom stereocenters. The summed E-state index contributed by atoms with van der Waals surface area (Å²) in [6, 6.07) is 8.31. The molecule has 0 unspecified atom stereocenters. The van der Waals surface area contributed by atoms with Crippen molar-refractivity contribution in [1.29, 1.82) is 0 Å². The lowest BCUT2D eigenvalue weighted by Gasteiger charge is -2.04. The minimum absolute atomic E-state index is 0.284. The van der Waals surface area contributed by atoms with Crippen LogP contribution in [0.25, 0.3) is 11.4 Å². The summed E-state index contributed by atoms with van der Waals surface area (Å²) in [6.45, 7) is 2.36. The van der Waals surface area contributed by atoms with Crippen molar-refractivity contribution < 1.29 is 5.11 Å². The Kier molecular flexibility index (Phi) is 5.61. The zero-order chi connectivity index (χ0) is 14.4. The van der Waals surface area contributed by atoms with E-state index in [2.05, 4.69) is 35.3 Å². The normalized spacial score (nSPS) is 10.9. The van der Waals surface area contributed by atoms with Gasteiger partial charge in [0.25, 0.3) is 0 Å². The van der Waals surface area contributed by atoms with E-state index in [4.69, 9.17) is 5.11 Å². The van der Waals surface area contributed by atoms with Crippen LogP contribution in [-0.2, 0) is 7.05 Å². The smallest absolute Gasteiger partial charge is 0.191 e. The number of thioether (sulfide) groups is 1. The second kappa shape index (κ2) is 7.45. The molecule has 2 rings (SSSR count). The molecule has 0 fully saturated rings. The van der Waals surface area contributed by atoms with Gasteiger partial charge in [-0.1, -0.05) is 41.9 Å². The zero-order valence-corrected chi connectivity index (χ0v) is 12.9. The van der Waals surface area contributed by atoms with Crippen LogP contribution in [0.15, 0.2) is 29.4 Å². The molecule has 0 bridgehead atoms. The number of hydrogen-bond donors (Lipinski definition) is 1. The zero-order valence-electron chi connectivity index (χ0n) is 12.0. The Bertz CT molecular complexity index is 554. The maximum Gasteiger partial charge on any atom is 0.191 e. The molecule has 0 aliphatic rings. The van der Waals surface area contributed by atoms with Crippen LogP contribution in [0, 0.1) is 6.92 Å². The highest BCUT2D eigenvalue weighted by molar-refractivity contribution is 7.99. The van der Waals surface area contributed by atoms with Gasteiger partial charge in [-0.05, 0) is 25.8 Å². The number of aryl methyl sites for hydroxylation is 1. The number of aromatic nitrogens is 3. The lowest BCUT2D eigenvalue weighted by Crippen LogP contribution is -1.95. The summed E-state index contributed by atoms with van der Waals surface area (Å²) >= 11 is 1.72. The van der Waals surface area contributed by atoms with E-state index in [1.165, 1.54) is 5.56 Å². The molecule has 1 heterocycles. The third-order valence-corrected chi connectivity index (χ3v) is 4.25. The topological polar surface area (TPSA) is 50.9 Å². The van der Waals surface area contributed by atoms with E-state index in [-0.39, 0.29) is 6.61 Å². The minimum Gasteiger partial charge on any atom is -0.396 e. The van der Waals surface area contributed by atoms with Gasteiger partial charge >= 0.3 is 0 Å². The van der Waals surface area contributed by atoms with E-state index < -0.39 is 0 Å². The number of nitrogens with zero attached hydrogens (tertiary/aromatic N) is 3. The number of hydrogen-bond acceptors (Lipinski definition) is 4. The minimum atomic E-state index is 0.284. The molecule has 0 saturated heterocycles. The molecule has 0 amide bonds. The van der Waals surface area contributed by atoms with Gasteiger partial charge in [0.1, 0.15) is 0 Å². The standard InChI is InChI=1S/C15H21N3OS/c1-12-7-6-8-13(11-12)14-16-17-15(18(14)2)20-10-5-3-4-9-19/h6-8,11,19H,3-5,9-10H2,1-2H3. The number of unbranched alkanes of at least 4 members (excludes halogenated alkanes) is 2. The van der Waals surface area contributed by atoms with Crippen molar-refractivity contribution >= 4 is 11.8 Å². The SMILES string of the molecule is Cc1cccc(-c2nnc(SCCCCCO)n2C)c1. The van der Waals surface area contributed by atoms with E-state index in [0.717, 1.165) is 41.6 Å². The van der Waals surface area contributed by atoms with Gasteiger partial charge in [0.15, 0.2) is 11.0 Å². The van der Waals surface area contributed by atoms with E-state index in [0.29, 0.717) is 0 Å². The number of aliphatic hydroxyl groups is 1. The highest BCUT2D eigenvalue weighted by Crippen LogP contribution is 2.23. The molecular weight excluding hydrogens is 270 g/mol. The second-order valence-corrected chi connectivity index (χ2v) is 5.93. The fourth-order valence-corrected chi connectivity index (χ4v) is 2.94. The van der Waals surface area contributed by atoms with E-state index in [1.807, 2.05) is 17.7 Å². The Morgan fingerprint density at radius 2 is 2.05 bits per heavy atom. The van der Waals surface area contributed by atoms with Crippen LogP contribution in [0.4, 0.5) is 0 Å². The van der Waals surface area contributed by atoms with Gasteiger partial charge in [0, 0.05) is 25.0 Å². The molecule has 20 heavy (non-hydrogen) atoms. The predicted molar refractivity (Wildman–Crippen MR) is 82.8 cm³/mol. The summed E-state index contributed by atoms with van der Waals surface area (Å²) < 4.78 is 2.05. The highest BCUT2D eigenvalue weighted by atomic mass is 32.2. The van der Waals surface area contributed by atoms with Gasteiger partial charge in [-0.15, -0.1) is 10.2 Å². The maximum atomic E-state index is 8.75. The van der Waals surface area contributed by atoms with Gasteiger partial charge in [0.2, 0.25) is 0 Å². The summed E-state index contributed by atoms with van der Waals surface area (Å²) in [5.41, 5.74) is 2.33. The van der Waals surface area contributed by atoms with Crippen molar-refractivity contribution in [2.75, 3.05) is 12.4 Å². The van der Waals surface area contributed by atoms with Crippen LogP contribution >= 0.6 is 11.8 Å². The highest BCUT2D eigenvalue weighted by Gasteiger charge is 2.10. The lowest BCUT2D eigenvalue weighted by molar-refractivity contribution is 0.284. The Morgan fingerprint density at radius 1 is 1.20 bits per heavy atom. The molecule has 0 spiro atoms. The average Bonchev–Trinajstić information content (AvgIpc) is 2.80. The molecule has 0 saturated carbocycles. The van der Waals surface area contributed by atoms with Gasteiger partial charge < -0.3 is 9.67 Å². The van der Waals surface area contributed by atoms with E-state index in [9.17, 15) is 0 Å². The van der Waals surface area contributed by atoms with Gasteiger partial charge in [0.05, 0.1) is 0 Å². The van der Waals surface area contributed by atoms with Crippen molar-refractivity contribution in [3.63, 3.8) is 0 Å². The third-order valence-electron chi connectivity index (χ3n) is 3.14. The Labute approximate surface area is 124 Å². The second-order valence-electron chi connectivity index (χ2n) is 4.87. The third kappa shape index (κ3) is 3.84. The average molecular weight is 291 g/mol. The van der Waals surface area contributed by atoms with Crippen molar-refractivity contribution in [2.45, 2.75) is 31.3 Å². The van der Waals surface area contributed by atoms with Gasteiger partial charge in [-0.3, -0.25) is 0 Å². The Balaban J connectivity index is 2.00. The molecule has 5 heteroatoms. The molecule has 1 N–H and O–H groups in total. The van der Waals surface area contributed by atoms with Crippen molar-refractivity contribution in [1.82, 2.24) is 14.8 Å². The van der Waals surface area contributed by atoms with Crippen molar-refractivity contribution in [3.8, 4) is 11.4 Å². The first-order valence-electron chi connectivity index (χ1n) is 6.92. The maximum absolute atomic E-state index is 8.75. The van der Waals surface area contributed by atoms with Gasteiger partial charge in [-0.25, -0.2) is 0 Å². The quantitative estimate of drug-likeness (QED) is 0.629. The monoisotopic (exact) mass is 291 g/mol. The molecule has 1 aromatic carbocycles. The summed E-state index contributed by atoms with van der Waals surface area (Å²) in [6.07, 6.45) is 3.04. The summed E-state index contributed by atoms with van der Waals surface area (Å²) in [5, 5.41) is 18.3. The molecular formula is C15H21N3OS. The van der Waals surface area contributed by atoms with Crippen LogP contribution in [0.2, 0.25) is 0 Å². The van der Waals surface area contributed by atoms with E-state index in [1.54, 1.807) is 11.8 Å². The fraction of sp³-hybridized carbons (Fsp3) is 0.467. The summed E-state index contributed by atoms with van der Waals surface area (Å²) in [5.74, 6) is 1.92. The van der Waals surface area contributed by atoms with Crippen LogP contribution in [-0.4, -0.2) is 32.2 Å². The Hall–Kier alpha value is -1.33. The lowest BCUT2D eigenvalue weighted by atomic mass is 10.1. The fourth-order valence-electron chi connectivity index (χ4n) is 2.03. The van der Waals surface area contributed by atoms with Crippen molar-refractivity contribution in [3.05, 3.63) is 29.8 Å². The van der Waals surface area contributed by atoms with Crippen LogP contribution in [0.5, 0.6) is 0 Å². The van der Waals surface area contributed by atoms with E-state index >= 15 is 0 Å². The Morgan fingerprint density at radius 3 is 2.80 bits per heavy atom. The predicted octanol–water partition coefficient (Wildman–Crippen LogP) is 3.05. The van der Waals surface area contributed by atoms with Crippen LogP contribution in [0.3, 0.4) is 0 Å². The molecule has 0 aliphatic carbocycles. The first kappa shape index (κ1) is 15.1. The summed E-state index contributed by atoms with van der Waals surface area (Å²) in [7, 11) is 2.01. The first-order chi connectivity index (χ1) is 9.72. The summed E-state index contributed by atoms with van der Waals surface area (Å²) in [4.78, 5) is 0. The first-order valence-corrected chi connectivity index (χ1v) is 7.91. The molecule has 2 aromatic rings.